The van der Waals surface area contributed by atoms with Gasteiger partial charge in [-0.3, -0.25) is 9.59 Å². The zero-order valence-corrected chi connectivity index (χ0v) is 14.2. The number of rotatable bonds is 3. The van der Waals surface area contributed by atoms with Gasteiger partial charge in [-0.2, -0.15) is 0 Å². The quantitative estimate of drug-likeness (QED) is 0.774. The van der Waals surface area contributed by atoms with Crippen molar-refractivity contribution in [3.63, 3.8) is 0 Å². The predicted octanol–water partition coefficient (Wildman–Crippen LogP) is 2.09. The molecule has 138 valence electrons. The fourth-order valence-corrected chi connectivity index (χ4v) is 3.09. The standard InChI is InChI=1S/C17H10ClF2N3O4/c18-10-11(21-9-3-4-27-17(9)26)15(25)13-12(14(10)24)22-16(23-13)6-1-2-7(19)8(20)5-6/h1-2,5,9,21H,3-4H2,(H,22,23)/t9-/m0/s1. The number of hydrogen-bond acceptors (Lipinski definition) is 6. The Hall–Kier alpha value is -3.07. The third-order valence-corrected chi connectivity index (χ3v) is 4.60. The first-order valence-electron chi connectivity index (χ1n) is 7.84. The summed E-state index contributed by atoms with van der Waals surface area (Å²) in [4.78, 5) is 43.5. The van der Waals surface area contributed by atoms with Gasteiger partial charge in [-0.1, -0.05) is 11.6 Å². The predicted molar refractivity (Wildman–Crippen MR) is 88.0 cm³/mol. The first-order chi connectivity index (χ1) is 12.9. The van der Waals surface area contributed by atoms with Gasteiger partial charge in [0, 0.05) is 12.0 Å². The Morgan fingerprint density at radius 2 is 1.96 bits per heavy atom. The van der Waals surface area contributed by atoms with Crippen LogP contribution in [0.15, 0.2) is 28.9 Å². The molecule has 2 aromatic rings. The number of Topliss-reactive ketones (excluding diaryl/α,β-unsaturated/α-hetero) is 2. The number of hydrogen-bond donors (Lipinski definition) is 2. The smallest absolute Gasteiger partial charge is 0.328 e. The number of carbonyl (C=O) groups is 3. The van der Waals surface area contributed by atoms with Crippen molar-refractivity contribution in [1.29, 1.82) is 0 Å². The average molecular weight is 394 g/mol. The minimum absolute atomic E-state index is 0.00610. The number of aromatic nitrogens is 2. The zero-order chi connectivity index (χ0) is 19.3. The third-order valence-electron chi connectivity index (χ3n) is 4.24. The topological polar surface area (TPSA) is 101 Å². The molecule has 4 rings (SSSR count). The Labute approximate surface area is 155 Å². The van der Waals surface area contributed by atoms with E-state index in [1.807, 2.05) is 0 Å². The maximum absolute atomic E-state index is 13.5. The highest BCUT2D eigenvalue weighted by Gasteiger charge is 2.38. The van der Waals surface area contributed by atoms with E-state index in [-0.39, 0.29) is 35.1 Å². The summed E-state index contributed by atoms with van der Waals surface area (Å²) < 4.78 is 31.4. The molecular formula is C17H10ClF2N3O4. The average Bonchev–Trinajstić information content (AvgIpc) is 3.26. The number of ketones is 2. The summed E-state index contributed by atoms with van der Waals surface area (Å²) >= 11 is 6.02. The maximum atomic E-state index is 13.5. The van der Waals surface area contributed by atoms with Gasteiger partial charge in [0.2, 0.25) is 11.6 Å². The number of nitrogens with zero attached hydrogens (tertiary/aromatic N) is 1. The number of ether oxygens (including phenoxy) is 1. The summed E-state index contributed by atoms with van der Waals surface area (Å²) in [5, 5.41) is 2.25. The highest BCUT2D eigenvalue weighted by atomic mass is 35.5. The summed E-state index contributed by atoms with van der Waals surface area (Å²) in [7, 11) is 0. The van der Waals surface area contributed by atoms with Crippen molar-refractivity contribution in [2.24, 2.45) is 0 Å². The van der Waals surface area contributed by atoms with Gasteiger partial charge < -0.3 is 15.0 Å². The minimum atomic E-state index is -1.10. The van der Waals surface area contributed by atoms with Crippen LogP contribution in [0.4, 0.5) is 8.78 Å². The van der Waals surface area contributed by atoms with Crippen molar-refractivity contribution in [3.8, 4) is 11.4 Å². The molecule has 2 aliphatic rings. The van der Waals surface area contributed by atoms with Crippen LogP contribution >= 0.6 is 11.6 Å². The lowest BCUT2D eigenvalue weighted by Crippen LogP contribution is -2.38. The fraction of sp³-hybridized carbons (Fsp3) is 0.176. The van der Waals surface area contributed by atoms with Gasteiger partial charge in [0.05, 0.1) is 6.61 Å². The van der Waals surface area contributed by atoms with Crippen LogP contribution in [0.3, 0.4) is 0 Å². The summed E-state index contributed by atoms with van der Waals surface area (Å²) in [6, 6.07) is 2.24. The van der Waals surface area contributed by atoms with Crippen molar-refractivity contribution in [2.45, 2.75) is 12.5 Å². The lowest BCUT2D eigenvalue weighted by atomic mass is 10.0. The van der Waals surface area contributed by atoms with Crippen molar-refractivity contribution in [3.05, 3.63) is 52.0 Å². The van der Waals surface area contributed by atoms with Crippen LogP contribution in [-0.4, -0.2) is 40.2 Å². The lowest BCUT2D eigenvalue weighted by Gasteiger charge is -2.17. The molecule has 7 nitrogen and oxygen atoms in total. The number of cyclic esters (lactones) is 1. The van der Waals surface area contributed by atoms with E-state index in [1.54, 1.807) is 0 Å². The number of esters is 1. The van der Waals surface area contributed by atoms with Gasteiger partial charge in [-0.15, -0.1) is 0 Å². The Morgan fingerprint density at radius 1 is 1.19 bits per heavy atom. The van der Waals surface area contributed by atoms with E-state index in [0.717, 1.165) is 12.1 Å². The molecule has 0 radical (unpaired) electrons. The first kappa shape index (κ1) is 17.3. The van der Waals surface area contributed by atoms with Crippen LogP contribution in [0, 0.1) is 11.6 Å². The number of fused-ring (bicyclic) bond motifs is 1. The molecule has 27 heavy (non-hydrogen) atoms. The van der Waals surface area contributed by atoms with Crippen LogP contribution in [0.2, 0.25) is 0 Å². The van der Waals surface area contributed by atoms with E-state index >= 15 is 0 Å². The maximum Gasteiger partial charge on any atom is 0.328 e. The lowest BCUT2D eigenvalue weighted by molar-refractivity contribution is -0.139. The molecule has 1 aromatic heterocycles. The van der Waals surface area contributed by atoms with Crippen LogP contribution < -0.4 is 5.32 Å². The Kier molecular flexibility index (Phi) is 4.03. The Bertz CT molecular complexity index is 1050. The van der Waals surface area contributed by atoms with E-state index < -0.39 is 40.2 Å². The van der Waals surface area contributed by atoms with Crippen molar-refractivity contribution < 1.29 is 27.9 Å². The summed E-state index contributed by atoms with van der Waals surface area (Å²) in [5.74, 6) is -4.09. The second kappa shape index (κ2) is 6.27. The molecule has 1 aliphatic heterocycles. The summed E-state index contributed by atoms with van der Waals surface area (Å²) in [6.07, 6.45) is 0.321. The van der Waals surface area contributed by atoms with E-state index in [0.29, 0.717) is 6.42 Å². The Balaban J connectivity index is 1.71. The molecule has 1 fully saturated rings. The number of allylic oxidation sites excluding steroid dienone is 2. The van der Waals surface area contributed by atoms with E-state index in [1.165, 1.54) is 6.07 Å². The number of carbonyl (C=O) groups excluding carboxylic acids is 3. The number of halogens is 3. The normalized spacial score (nSPS) is 19.4. The highest BCUT2D eigenvalue weighted by Crippen LogP contribution is 2.29. The SMILES string of the molecule is O=C1C(N[C@H]2CCOC2=O)=C(Cl)C(=O)c2[nH]c(-c3ccc(F)c(F)c3)nc21. The monoisotopic (exact) mass is 393 g/mol. The number of H-pyrrole nitrogens is 1. The van der Waals surface area contributed by atoms with Gasteiger partial charge in [0.1, 0.15) is 34.0 Å². The van der Waals surface area contributed by atoms with Crippen LogP contribution in [0.5, 0.6) is 0 Å². The van der Waals surface area contributed by atoms with Gasteiger partial charge in [0.25, 0.3) is 0 Å². The molecule has 2 N–H and O–H groups in total. The zero-order valence-electron chi connectivity index (χ0n) is 13.4. The molecule has 0 amide bonds. The molecule has 10 heteroatoms. The van der Waals surface area contributed by atoms with Crippen molar-refractivity contribution in [2.75, 3.05) is 6.61 Å². The Morgan fingerprint density at radius 3 is 2.63 bits per heavy atom. The molecule has 1 aromatic carbocycles. The second-order valence-corrected chi connectivity index (χ2v) is 6.32. The van der Waals surface area contributed by atoms with Crippen molar-refractivity contribution in [1.82, 2.24) is 15.3 Å². The van der Waals surface area contributed by atoms with Gasteiger partial charge in [-0.25, -0.2) is 18.6 Å². The van der Waals surface area contributed by atoms with E-state index in [9.17, 15) is 23.2 Å². The molecule has 1 aliphatic carbocycles. The van der Waals surface area contributed by atoms with Gasteiger partial charge in [0.15, 0.2) is 11.6 Å². The highest BCUT2D eigenvalue weighted by molar-refractivity contribution is 6.49. The largest absolute Gasteiger partial charge is 0.464 e. The molecule has 1 saturated heterocycles. The van der Waals surface area contributed by atoms with Gasteiger partial charge >= 0.3 is 5.97 Å². The fourth-order valence-electron chi connectivity index (χ4n) is 2.85. The second-order valence-electron chi connectivity index (χ2n) is 5.94. The number of nitrogens with one attached hydrogen (secondary N) is 2. The molecular weight excluding hydrogens is 384 g/mol. The van der Waals surface area contributed by atoms with Crippen LogP contribution in [0.1, 0.15) is 27.4 Å². The van der Waals surface area contributed by atoms with Crippen LogP contribution in [0.25, 0.3) is 11.4 Å². The molecule has 0 unspecified atom stereocenters. The molecule has 0 bridgehead atoms. The number of aromatic amines is 1. The minimum Gasteiger partial charge on any atom is -0.464 e. The summed E-state index contributed by atoms with van der Waals surface area (Å²) in [6.45, 7) is 0.192. The van der Waals surface area contributed by atoms with Gasteiger partial charge in [-0.05, 0) is 18.2 Å². The molecule has 0 saturated carbocycles. The van der Waals surface area contributed by atoms with Crippen LogP contribution in [-0.2, 0) is 9.53 Å². The molecule has 0 spiro atoms. The summed E-state index contributed by atoms with van der Waals surface area (Å²) in [5.41, 5.74) is -0.488. The molecule has 2 heterocycles. The number of imidazole rings is 1. The first-order valence-corrected chi connectivity index (χ1v) is 8.22. The third kappa shape index (κ3) is 2.80. The van der Waals surface area contributed by atoms with E-state index in [4.69, 9.17) is 16.3 Å². The molecule has 1 atom stereocenters. The van der Waals surface area contributed by atoms with E-state index in [2.05, 4.69) is 15.3 Å². The van der Waals surface area contributed by atoms with Crippen molar-refractivity contribution >= 4 is 29.1 Å². The number of benzene rings is 1.